The van der Waals surface area contributed by atoms with Gasteiger partial charge in [-0.05, 0) is 30.0 Å². The second kappa shape index (κ2) is 11.4. The van der Waals surface area contributed by atoms with Crippen LogP contribution in [-0.4, -0.2) is 67.7 Å². The Kier molecular flexibility index (Phi) is 7.72. The molecule has 1 amide bonds. The van der Waals surface area contributed by atoms with Crippen molar-refractivity contribution in [2.75, 3.05) is 31.1 Å². The zero-order valence-corrected chi connectivity index (χ0v) is 25.9. The van der Waals surface area contributed by atoms with E-state index in [4.69, 9.17) is 16.3 Å². The molecule has 2 aromatic carbocycles. The molecular weight excluding hydrogens is 606 g/mol. The summed E-state index contributed by atoms with van der Waals surface area (Å²) in [5.74, 6) is -3.14. The fourth-order valence-electron chi connectivity index (χ4n) is 6.16. The molecule has 1 fully saturated rings. The largest absolute Gasteiger partial charge is 0.507 e. The minimum absolute atomic E-state index is 0.0163. The fourth-order valence-corrected chi connectivity index (χ4v) is 6.49. The molecule has 1 unspecified atom stereocenters. The minimum Gasteiger partial charge on any atom is -0.507 e. The predicted octanol–water partition coefficient (Wildman–Crippen LogP) is 5.32. The third-order valence-corrected chi connectivity index (χ3v) is 8.61. The van der Waals surface area contributed by atoms with Gasteiger partial charge in [0.15, 0.2) is 11.6 Å². The van der Waals surface area contributed by atoms with Crippen LogP contribution < -0.4 is 15.3 Å². The van der Waals surface area contributed by atoms with Gasteiger partial charge in [-0.15, -0.1) is 0 Å². The smallest absolute Gasteiger partial charge is 0.354 e. The number of halogens is 3. The van der Waals surface area contributed by atoms with Gasteiger partial charge in [0.2, 0.25) is 5.91 Å². The quantitative estimate of drug-likeness (QED) is 0.293. The third-order valence-electron chi connectivity index (χ3n) is 8.25. The van der Waals surface area contributed by atoms with Gasteiger partial charge in [-0.1, -0.05) is 51.9 Å². The first kappa shape index (κ1) is 30.4. The lowest BCUT2D eigenvalue weighted by molar-refractivity contribution is -0.126. The van der Waals surface area contributed by atoms with Crippen LogP contribution in [0.5, 0.6) is 11.5 Å². The Bertz CT molecular complexity index is 1900. The number of aromatic hydroxyl groups is 1. The van der Waals surface area contributed by atoms with Gasteiger partial charge in [0.25, 0.3) is 0 Å². The van der Waals surface area contributed by atoms with Crippen molar-refractivity contribution in [1.29, 1.82) is 0 Å². The molecule has 1 N–H and O–H groups in total. The van der Waals surface area contributed by atoms with Crippen LogP contribution in [0.15, 0.2) is 42.0 Å². The number of carbonyl (C=O) groups excluding carboxylic acids is 1. The Morgan fingerprint density at radius 3 is 2.44 bits per heavy atom. The van der Waals surface area contributed by atoms with Crippen LogP contribution in [-0.2, 0) is 4.79 Å². The van der Waals surface area contributed by atoms with E-state index in [2.05, 4.69) is 21.5 Å². The maximum absolute atomic E-state index is 17.3. The molecule has 234 valence electrons. The number of carbonyl (C=O) groups is 1. The summed E-state index contributed by atoms with van der Waals surface area (Å²) in [4.78, 5) is 43.5. The lowest BCUT2D eigenvalue weighted by Crippen LogP contribution is -2.56. The van der Waals surface area contributed by atoms with Crippen LogP contribution in [0.4, 0.5) is 14.6 Å². The number of hydrogen-bond donors (Lipinski definition) is 1. The van der Waals surface area contributed by atoms with Crippen molar-refractivity contribution in [2.45, 2.75) is 45.6 Å². The van der Waals surface area contributed by atoms with E-state index in [0.29, 0.717) is 17.9 Å². The number of nitrogens with zero attached hydrogens (tertiary/aromatic N) is 6. The van der Waals surface area contributed by atoms with E-state index in [1.807, 2.05) is 32.6 Å². The molecule has 1 atom stereocenters. The number of piperazine rings is 1. The lowest BCUT2D eigenvalue weighted by Gasteiger charge is -2.40. The summed E-state index contributed by atoms with van der Waals surface area (Å²) in [5.41, 5.74) is -0.849. The Balaban J connectivity index is 1.78. The van der Waals surface area contributed by atoms with Crippen molar-refractivity contribution < 1.29 is 23.4 Å². The molecular formula is C32H31ClF2N6O4. The second-order valence-corrected chi connectivity index (χ2v) is 12.1. The van der Waals surface area contributed by atoms with Crippen molar-refractivity contribution in [3.05, 3.63) is 75.7 Å². The van der Waals surface area contributed by atoms with E-state index in [-0.39, 0.29) is 70.6 Å². The molecule has 0 radical (unpaired) electrons. The van der Waals surface area contributed by atoms with Gasteiger partial charge in [0, 0.05) is 25.2 Å². The van der Waals surface area contributed by atoms with Crippen molar-refractivity contribution >= 4 is 34.2 Å². The molecule has 4 aromatic rings. The first-order valence-corrected chi connectivity index (χ1v) is 14.9. The number of anilines is 1. The number of phenolic OH excluding ortho intramolecular Hbond substituents is 1. The maximum atomic E-state index is 17.3. The van der Waals surface area contributed by atoms with Crippen molar-refractivity contribution in [3.63, 3.8) is 0 Å². The minimum atomic E-state index is -1.06. The summed E-state index contributed by atoms with van der Waals surface area (Å²) in [6.07, 6.45) is 2.62. The number of hydrogen-bond acceptors (Lipinski definition) is 8. The van der Waals surface area contributed by atoms with Crippen molar-refractivity contribution in [1.82, 2.24) is 24.4 Å². The number of fused-ring (bicyclic) bond motifs is 2. The summed E-state index contributed by atoms with van der Waals surface area (Å²) in [6, 6.07) is 3.09. The van der Waals surface area contributed by atoms with Gasteiger partial charge in [0.05, 0.1) is 39.1 Å². The Labute approximate surface area is 262 Å². The van der Waals surface area contributed by atoms with Crippen LogP contribution in [0.2, 0.25) is 5.02 Å². The van der Waals surface area contributed by atoms with E-state index in [1.165, 1.54) is 24.5 Å². The number of amides is 1. The monoisotopic (exact) mass is 636 g/mol. The molecule has 2 aromatic heterocycles. The number of rotatable bonds is 5. The van der Waals surface area contributed by atoms with Crippen LogP contribution >= 0.6 is 11.6 Å². The molecule has 0 saturated carbocycles. The number of aromatic nitrogens is 4. The highest BCUT2D eigenvalue weighted by atomic mass is 35.5. The zero-order chi connectivity index (χ0) is 32.3. The molecule has 45 heavy (non-hydrogen) atoms. The highest BCUT2D eigenvalue weighted by Gasteiger charge is 2.39. The van der Waals surface area contributed by atoms with Gasteiger partial charge >= 0.3 is 5.69 Å². The van der Waals surface area contributed by atoms with Crippen molar-refractivity contribution in [2.24, 2.45) is 0 Å². The second-order valence-electron chi connectivity index (χ2n) is 11.7. The molecule has 6 rings (SSSR count). The average Bonchev–Trinajstić information content (AvgIpc) is 3.16. The third kappa shape index (κ3) is 4.78. The summed E-state index contributed by atoms with van der Waals surface area (Å²) in [5, 5.41) is 10.5. The van der Waals surface area contributed by atoms with Gasteiger partial charge in [0.1, 0.15) is 35.8 Å². The first-order valence-electron chi connectivity index (χ1n) is 14.6. The first-order chi connectivity index (χ1) is 21.5. The van der Waals surface area contributed by atoms with E-state index in [1.54, 1.807) is 4.90 Å². The summed E-state index contributed by atoms with van der Waals surface area (Å²) >= 11 is 6.87. The fraction of sp³-hybridized carbons (Fsp3) is 0.344. The van der Waals surface area contributed by atoms with E-state index in [9.17, 15) is 14.7 Å². The average molecular weight is 637 g/mol. The van der Waals surface area contributed by atoms with Gasteiger partial charge < -0.3 is 19.6 Å². The molecule has 0 bridgehead atoms. The molecule has 13 heteroatoms. The zero-order valence-electron chi connectivity index (χ0n) is 25.1. The molecule has 0 aliphatic carbocycles. The summed E-state index contributed by atoms with van der Waals surface area (Å²) in [7, 11) is 0. The Hall–Kier alpha value is -4.58. The van der Waals surface area contributed by atoms with Crippen molar-refractivity contribution in [3.8, 4) is 28.3 Å². The van der Waals surface area contributed by atoms with Crippen LogP contribution in [0.1, 0.15) is 50.9 Å². The highest BCUT2D eigenvalue weighted by molar-refractivity contribution is 6.36. The van der Waals surface area contributed by atoms with E-state index < -0.39 is 40.2 Å². The lowest BCUT2D eigenvalue weighted by atomic mass is 9.98. The Morgan fingerprint density at radius 1 is 1.13 bits per heavy atom. The number of ether oxygens (including phenoxy) is 1. The number of phenols is 1. The van der Waals surface area contributed by atoms with Crippen LogP contribution in [0.3, 0.4) is 0 Å². The Morgan fingerprint density at radius 2 is 1.82 bits per heavy atom. The van der Waals surface area contributed by atoms with E-state index in [0.717, 1.165) is 10.6 Å². The predicted molar refractivity (Wildman–Crippen MR) is 167 cm³/mol. The van der Waals surface area contributed by atoms with E-state index >= 15 is 8.78 Å². The van der Waals surface area contributed by atoms with Crippen LogP contribution in [0.25, 0.3) is 27.7 Å². The number of benzene rings is 2. The molecule has 4 heterocycles. The SMILES string of the molecule is C=CC(=O)N1CCN2c3nc(=O)n(-c4c(C(C)C)ncnc4C(C)C)c4c(F)c(-c5c(O)cccc5F)c(Cl)c(c34)OCC2C1. The highest BCUT2D eigenvalue weighted by Crippen LogP contribution is 2.50. The summed E-state index contributed by atoms with van der Waals surface area (Å²) in [6.45, 7) is 11.9. The molecule has 1 saturated heterocycles. The van der Waals surface area contributed by atoms with Gasteiger partial charge in [-0.25, -0.2) is 23.5 Å². The molecule has 10 nitrogen and oxygen atoms in total. The maximum Gasteiger partial charge on any atom is 0.354 e. The van der Waals surface area contributed by atoms with Gasteiger partial charge in [-0.3, -0.25) is 9.36 Å². The standard InChI is InChI=1S/C32H31ClF2N6O4/c1-6-20(43)39-10-11-40-17(12-39)13-45-30-23-28(25(35)22(24(30)33)21-18(34)8-7-9-19(21)42)41(32(44)38-31(23)40)29-26(15(2)3)36-14-37-27(29)16(4)5/h6-9,14-17,42H,1,10-13H2,2-5H3. The topological polar surface area (TPSA) is 114 Å². The normalized spacial score (nSPS) is 16.2. The van der Waals surface area contributed by atoms with Crippen LogP contribution in [0, 0.1) is 11.6 Å². The summed E-state index contributed by atoms with van der Waals surface area (Å²) < 4.78 is 40.1. The van der Waals surface area contributed by atoms with Gasteiger partial charge in [-0.2, -0.15) is 4.98 Å². The molecule has 0 spiro atoms. The molecule has 2 aliphatic heterocycles. The molecule has 2 aliphatic rings.